The molecule has 0 aliphatic heterocycles. The molecular weight excluding hydrogens is 319 g/mol. The van der Waals surface area contributed by atoms with Crippen molar-refractivity contribution in [3.05, 3.63) is 62.6 Å². The highest BCUT2D eigenvalue weighted by Crippen LogP contribution is 2.28. The second kappa shape index (κ2) is 6.35. The number of nitrogens with two attached hydrogens (primary N) is 1. The van der Waals surface area contributed by atoms with Crippen LogP contribution in [0.2, 0.25) is 15.1 Å². The molecule has 0 aliphatic rings. The number of hydrogen-bond donors (Lipinski definition) is 2. The maximum atomic E-state index is 12.0. The molecule has 0 unspecified atom stereocenters. The van der Waals surface area contributed by atoms with E-state index in [2.05, 4.69) is 5.32 Å². The second-order valence-electron chi connectivity index (χ2n) is 4.13. The van der Waals surface area contributed by atoms with E-state index in [9.17, 15) is 4.79 Å². The summed E-state index contributed by atoms with van der Waals surface area (Å²) >= 11 is 17.8. The summed E-state index contributed by atoms with van der Waals surface area (Å²) in [6.45, 7) is 0.318. The van der Waals surface area contributed by atoms with E-state index in [0.717, 1.165) is 5.56 Å². The number of hydrogen-bond acceptors (Lipinski definition) is 2. The van der Waals surface area contributed by atoms with Gasteiger partial charge < -0.3 is 11.1 Å². The Morgan fingerprint density at radius 2 is 1.65 bits per heavy atom. The maximum absolute atomic E-state index is 12.0. The van der Waals surface area contributed by atoms with Crippen LogP contribution in [0.25, 0.3) is 0 Å². The van der Waals surface area contributed by atoms with Crippen LogP contribution >= 0.6 is 34.8 Å². The monoisotopic (exact) mass is 328 g/mol. The third kappa shape index (κ3) is 3.37. The van der Waals surface area contributed by atoms with Crippen LogP contribution in [0.4, 0.5) is 5.69 Å². The summed E-state index contributed by atoms with van der Waals surface area (Å²) in [4.78, 5) is 12.0. The van der Waals surface area contributed by atoms with Crippen LogP contribution in [0, 0.1) is 0 Å². The molecule has 0 heterocycles. The van der Waals surface area contributed by atoms with E-state index in [1.807, 2.05) is 18.2 Å². The van der Waals surface area contributed by atoms with E-state index in [-0.39, 0.29) is 21.6 Å². The Balaban J connectivity index is 2.11. The number of anilines is 1. The van der Waals surface area contributed by atoms with Gasteiger partial charge in [0.25, 0.3) is 5.91 Å². The van der Waals surface area contributed by atoms with Crippen molar-refractivity contribution in [2.45, 2.75) is 6.54 Å². The van der Waals surface area contributed by atoms with Crippen molar-refractivity contribution >= 4 is 46.4 Å². The highest BCUT2D eigenvalue weighted by molar-refractivity contribution is 6.39. The van der Waals surface area contributed by atoms with Crippen LogP contribution in [0.5, 0.6) is 0 Å². The van der Waals surface area contributed by atoms with Crippen LogP contribution in [0.1, 0.15) is 15.9 Å². The van der Waals surface area contributed by atoms with Gasteiger partial charge in [-0.25, -0.2) is 0 Å². The molecule has 1 amide bonds. The molecule has 20 heavy (non-hydrogen) atoms. The first-order valence-electron chi connectivity index (χ1n) is 5.75. The summed E-state index contributed by atoms with van der Waals surface area (Å²) in [6.07, 6.45) is 0. The first-order chi connectivity index (χ1) is 9.49. The number of rotatable bonds is 3. The minimum Gasteiger partial charge on any atom is -0.396 e. The average Bonchev–Trinajstić information content (AvgIpc) is 2.43. The van der Waals surface area contributed by atoms with Crippen molar-refractivity contribution in [2.75, 3.05) is 5.73 Å². The summed E-state index contributed by atoms with van der Waals surface area (Å²) in [5.41, 5.74) is 7.06. The van der Waals surface area contributed by atoms with Gasteiger partial charge in [0.15, 0.2) is 0 Å². The zero-order chi connectivity index (χ0) is 14.7. The third-order valence-electron chi connectivity index (χ3n) is 2.74. The molecule has 0 saturated carbocycles. The van der Waals surface area contributed by atoms with Crippen molar-refractivity contribution in [3.8, 4) is 0 Å². The third-order valence-corrected chi connectivity index (χ3v) is 3.73. The van der Waals surface area contributed by atoms with E-state index in [1.54, 1.807) is 6.07 Å². The molecule has 0 aromatic heterocycles. The lowest BCUT2D eigenvalue weighted by Crippen LogP contribution is -2.23. The van der Waals surface area contributed by atoms with Gasteiger partial charge in [-0.3, -0.25) is 4.79 Å². The van der Waals surface area contributed by atoms with Crippen molar-refractivity contribution in [1.82, 2.24) is 5.32 Å². The first kappa shape index (κ1) is 15.0. The Bertz CT molecular complexity index is 636. The molecule has 104 valence electrons. The molecule has 0 radical (unpaired) electrons. The predicted octanol–water partition coefficient (Wildman–Crippen LogP) is 4.16. The fourth-order valence-corrected chi connectivity index (χ4v) is 2.32. The molecule has 0 aliphatic carbocycles. The maximum Gasteiger partial charge on any atom is 0.251 e. The summed E-state index contributed by atoms with van der Waals surface area (Å²) in [6, 6.07) is 10.2. The van der Waals surface area contributed by atoms with Crippen LogP contribution in [-0.2, 0) is 6.54 Å². The lowest BCUT2D eigenvalue weighted by atomic mass is 10.1. The number of carbonyl (C=O) groups excluding carboxylic acids is 1. The standard InChI is InChI=1S/C14H11Cl3N2O/c15-10-4-2-1-3-8(10)7-19-14(20)9-5-11(16)13(18)12(17)6-9/h1-6H,7,18H2,(H,19,20). The zero-order valence-electron chi connectivity index (χ0n) is 10.3. The highest BCUT2D eigenvalue weighted by Gasteiger charge is 2.11. The first-order valence-corrected chi connectivity index (χ1v) is 6.88. The molecule has 0 atom stereocenters. The molecule has 2 aromatic carbocycles. The van der Waals surface area contributed by atoms with Gasteiger partial charge in [-0.05, 0) is 23.8 Å². The number of nitrogens with one attached hydrogen (secondary N) is 1. The number of amides is 1. The minimum atomic E-state index is -0.297. The lowest BCUT2D eigenvalue weighted by molar-refractivity contribution is 0.0951. The van der Waals surface area contributed by atoms with E-state index in [4.69, 9.17) is 40.5 Å². The number of benzene rings is 2. The van der Waals surface area contributed by atoms with Gasteiger partial charge in [-0.1, -0.05) is 53.0 Å². The molecule has 3 N–H and O–H groups in total. The Hall–Kier alpha value is -1.42. The van der Waals surface area contributed by atoms with Crippen LogP contribution in [0.3, 0.4) is 0 Å². The van der Waals surface area contributed by atoms with Crippen LogP contribution in [0.15, 0.2) is 36.4 Å². The van der Waals surface area contributed by atoms with Crippen molar-refractivity contribution < 1.29 is 4.79 Å². The molecule has 0 bridgehead atoms. The average molecular weight is 330 g/mol. The summed E-state index contributed by atoms with van der Waals surface area (Å²) < 4.78 is 0. The molecule has 0 spiro atoms. The van der Waals surface area contributed by atoms with Gasteiger partial charge >= 0.3 is 0 Å². The molecule has 0 fully saturated rings. The topological polar surface area (TPSA) is 55.1 Å². The van der Waals surface area contributed by atoms with Gasteiger partial charge in [0.05, 0.1) is 15.7 Å². The lowest BCUT2D eigenvalue weighted by Gasteiger charge is -2.09. The summed E-state index contributed by atoms with van der Waals surface area (Å²) in [5, 5.41) is 3.85. The van der Waals surface area contributed by atoms with E-state index < -0.39 is 0 Å². The highest BCUT2D eigenvalue weighted by atomic mass is 35.5. The quantitative estimate of drug-likeness (QED) is 0.831. The van der Waals surface area contributed by atoms with Gasteiger partial charge in [0.1, 0.15) is 0 Å². The predicted molar refractivity (Wildman–Crippen MR) is 83.5 cm³/mol. The summed E-state index contributed by atoms with van der Waals surface area (Å²) in [7, 11) is 0. The Kier molecular flexibility index (Phi) is 4.76. The molecule has 6 heteroatoms. The number of carbonyl (C=O) groups is 1. The van der Waals surface area contributed by atoms with E-state index in [0.29, 0.717) is 17.1 Å². The fraction of sp³-hybridized carbons (Fsp3) is 0.0714. The van der Waals surface area contributed by atoms with Crippen LogP contribution in [-0.4, -0.2) is 5.91 Å². The molecular formula is C14H11Cl3N2O. The smallest absolute Gasteiger partial charge is 0.251 e. The molecule has 0 saturated heterocycles. The second-order valence-corrected chi connectivity index (χ2v) is 5.35. The van der Waals surface area contributed by atoms with Crippen LogP contribution < -0.4 is 11.1 Å². The Morgan fingerprint density at radius 1 is 1.05 bits per heavy atom. The molecule has 2 aromatic rings. The van der Waals surface area contributed by atoms with E-state index in [1.165, 1.54) is 12.1 Å². The van der Waals surface area contributed by atoms with Gasteiger partial charge in [0, 0.05) is 17.1 Å². The van der Waals surface area contributed by atoms with Gasteiger partial charge in [-0.2, -0.15) is 0 Å². The van der Waals surface area contributed by atoms with Crippen molar-refractivity contribution in [3.63, 3.8) is 0 Å². The molecule has 2 rings (SSSR count). The van der Waals surface area contributed by atoms with E-state index >= 15 is 0 Å². The SMILES string of the molecule is Nc1c(Cl)cc(C(=O)NCc2ccccc2Cl)cc1Cl. The Labute approximate surface area is 131 Å². The normalized spacial score (nSPS) is 10.3. The number of nitrogen functional groups attached to an aromatic ring is 1. The molecule has 3 nitrogen and oxygen atoms in total. The summed E-state index contributed by atoms with van der Waals surface area (Å²) in [5.74, 6) is -0.297. The Morgan fingerprint density at radius 3 is 2.25 bits per heavy atom. The fourth-order valence-electron chi connectivity index (χ4n) is 1.63. The largest absolute Gasteiger partial charge is 0.396 e. The van der Waals surface area contributed by atoms with Gasteiger partial charge in [-0.15, -0.1) is 0 Å². The minimum absolute atomic E-state index is 0.250. The van der Waals surface area contributed by atoms with Crippen molar-refractivity contribution in [2.24, 2.45) is 0 Å². The van der Waals surface area contributed by atoms with Gasteiger partial charge in [0.2, 0.25) is 0 Å². The number of halogens is 3. The van der Waals surface area contributed by atoms with Crippen molar-refractivity contribution in [1.29, 1.82) is 0 Å². The zero-order valence-corrected chi connectivity index (χ0v) is 12.6.